The van der Waals surface area contributed by atoms with Crippen molar-refractivity contribution in [1.82, 2.24) is 15.5 Å². The molecule has 2 aromatic rings. The van der Waals surface area contributed by atoms with Crippen LogP contribution in [0.25, 0.3) is 0 Å². The first-order valence-corrected chi connectivity index (χ1v) is 6.33. The molecule has 1 heterocycles. The zero-order valence-electron chi connectivity index (χ0n) is 11.2. The molecule has 7 heteroatoms. The van der Waals surface area contributed by atoms with E-state index in [1.807, 2.05) is 30.3 Å². The summed E-state index contributed by atoms with van der Waals surface area (Å²) in [6.07, 6.45) is 0.850. The van der Waals surface area contributed by atoms with Crippen LogP contribution in [0.3, 0.4) is 0 Å². The number of rotatable bonds is 6. The van der Waals surface area contributed by atoms with Crippen molar-refractivity contribution in [3.05, 3.63) is 53.9 Å². The Morgan fingerprint density at radius 3 is 2.67 bits per heavy atom. The van der Waals surface area contributed by atoms with Crippen LogP contribution in [0.15, 0.2) is 42.6 Å². The predicted molar refractivity (Wildman–Crippen MR) is 73.5 cm³/mol. The first-order chi connectivity index (χ1) is 10.1. The maximum Gasteiger partial charge on any atom is 0.408 e. The maximum absolute atomic E-state index is 11.6. The fourth-order valence-electron chi connectivity index (χ4n) is 1.73. The van der Waals surface area contributed by atoms with Gasteiger partial charge in [-0.05, 0) is 11.6 Å². The van der Waals surface area contributed by atoms with E-state index in [-0.39, 0.29) is 13.0 Å². The monoisotopic (exact) mass is 289 g/mol. The maximum atomic E-state index is 11.6. The lowest BCUT2D eigenvalue weighted by Crippen LogP contribution is -2.42. The molecule has 0 spiro atoms. The summed E-state index contributed by atoms with van der Waals surface area (Å²) in [5.41, 5.74) is 1.44. The van der Waals surface area contributed by atoms with E-state index in [0.717, 1.165) is 5.56 Å². The number of nitrogens with zero attached hydrogens (tertiary/aromatic N) is 1. The van der Waals surface area contributed by atoms with E-state index < -0.39 is 18.1 Å². The number of carbonyl (C=O) groups excluding carboxylic acids is 1. The molecule has 0 saturated carbocycles. The van der Waals surface area contributed by atoms with Crippen molar-refractivity contribution >= 4 is 12.1 Å². The molecular formula is C14H15N3O4. The van der Waals surface area contributed by atoms with Crippen molar-refractivity contribution in [2.24, 2.45) is 0 Å². The number of amides is 1. The van der Waals surface area contributed by atoms with Gasteiger partial charge in [0.05, 0.1) is 0 Å². The second-order valence-corrected chi connectivity index (χ2v) is 4.38. The van der Waals surface area contributed by atoms with Gasteiger partial charge in [0, 0.05) is 18.3 Å². The molecule has 0 aliphatic carbocycles. The minimum atomic E-state index is -1.14. The Hall–Kier alpha value is -2.83. The third-order valence-electron chi connectivity index (χ3n) is 2.79. The molecule has 0 bridgehead atoms. The summed E-state index contributed by atoms with van der Waals surface area (Å²) >= 11 is 0. The van der Waals surface area contributed by atoms with Crippen molar-refractivity contribution in [2.75, 3.05) is 0 Å². The number of hydrogen-bond donors (Lipinski definition) is 3. The molecule has 0 fully saturated rings. The highest BCUT2D eigenvalue weighted by Gasteiger charge is 2.21. The van der Waals surface area contributed by atoms with Gasteiger partial charge in [-0.3, -0.25) is 5.10 Å². The molecule has 1 atom stereocenters. The van der Waals surface area contributed by atoms with Crippen LogP contribution in [0.5, 0.6) is 0 Å². The summed E-state index contributed by atoms with van der Waals surface area (Å²) in [6.45, 7) is 0.0864. The summed E-state index contributed by atoms with van der Waals surface area (Å²) in [6, 6.07) is 9.71. The number of aliphatic carboxylic acids is 1. The average Bonchev–Trinajstić information content (AvgIpc) is 2.98. The van der Waals surface area contributed by atoms with Crippen molar-refractivity contribution in [1.29, 1.82) is 0 Å². The van der Waals surface area contributed by atoms with E-state index in [1.54, 1.807) is 6.07 Å². The van der Waals surface area contributed by atoms with E-state index in [2.05, 4.69) is 15.5 Å². The van der Waals surface area contributed by atoms with Crippen LogP contribution < -0.4 is 5.32 Å². The van der Waals surface area contributed by atoms with Crippen LogP contribution in [0.4, 0.5) is 4.79 Å². The number of hydrogen-bond acceptors (Lipinski definition) is 4. The van der Waals surface area contributed by atoms with Crippen molar-refractivity contribution in [3.8, 4) is 0 Å². The fourth-order valence-corrected chi connectivity index (χ4v) is 1.73. The summed E-state index contributed by atoms with van der Waals surface area (Å²) in [7, 11) is 0. The van der Waals surface area contributed by atoms with Crippen LogP contribution in [0.2, 0.25) is 0 Å². The zero-order valence-corrected chi connectivity index (χ0v) is 11.2. The number of nitrogens with one attached hydrogen (secondary N) is 2. The lowest BCUT2D eigenvalue weighted by molar-refractivity contribution is -0.139. The number of carboxylic acid groups (broad SMARTS) is 1. The zero-order chi connectivity index (χ0) is 15.1. The Balaban J connectivity index is 1.85. The van der Waals surface area contributed by atoms with E-state index in [0.29, 0.717) is 5.69 Å². The Labute approximate surface area is 120 Å². The summed E-state index contributed by atoms with van der Waals surface area (Å²) in [5, 5.41) is 17.8. The van der Waals surface area contributed by atoms with Gasteiger partial charge in [0.2, 0.25) is 0 Å². The van der Waals surface area contributed by atoms with Gasteiger partial charge in [0.25, 0.3) is 0 Å². The molecule has 110 valence electrons. The highest BCUT2D eigenvalue weighted by Crippen LogP contribution is 2.03. The average molecular weight is 289 g/mol. The second-order valence-electron chi connectivity index (χ2n) is 4.38. The Morgan fingerprint density at radius 2 is 2.05 bits per heavy atom. The molecule has 2 rings (SSSR count). The van der Waals surface area contributed by atoms with E-state index in [1.165, 1.54) is 6.20 Å². The largest absolute Gasteiger partial charge is 0.480 e. The quantitative estimate of drug-likeness (QED) is 0.744. The van der Waals surface area contributed by atoms with Gasteiger partial charge in [0.1, 0.15) is 12.6 Å². The third kappa shape index (κ3) is 4.64. The molecule has 0 aliphatic rings. The molecule has 0 unspecified atom stereocenters. The highest BCUT2D eigenvalue weighted by atomic mass is 16.5. The number of benzene rings is 1. The molecule has 21 heavy (non-hydrogen) atoms. The normalized spacial score (nSPS) is 11.6. The number of aromatic nitrogens is 2. The molecule has 1 aromatic carbocycles. The summed E-state index contributed by atoms with van der Waals surface area (Å²) in [5.74, 6) is -1.14. The van der Waals surface area contributed by atoms with E-state index in [4.69, 9.17) is 9.84 Å². The Bertz CT molecular complexity index is 584. The number of carbonyl (C=O) groups is 2. The molecular weight excluding hydrogens is 274 g/mol. The molecule has 0 aliphatic heterocycles. The summed E-state index contributed by atoms with van der Waals surface area (Å²) in [4.78, 5) is 22.8. The first-order valence-electron chi connectivity index (χ1n) is 6.33. The SMILES string of the molecule is O=C(N[C@H](Cc1ccn[nH]1)C(=O)O)OCc1ccccc1. The van der Waals surface area contributed by atoms with Crippen LogP contribution in [-0.2, 0) is 22.6 Å². The number of aromatic amines is 1. The molecule has 0 saturated heterocycles. The second kappa shape index (κ2) is 7.09. The standard InChI is InChI=1S/C14H15N3O4/c18-13(19)12(8-11-6-7-15-17-11)16-14(20)21-9-10-4-2-1-3-5-10/h1-7,12H,8-9H2,(H,15,17)(H,16,20)(H,18,19)/t12-/m1/s1. The topological polar surface area (TPSA) is 104 Å². The molecule has 1 amide bonds. The van der Waals surface area contributed by atoms with Crippen LogP contribution in [-0.4, -0.2) is 33.4 Å². The fraction of sp³-hybridized carbons (Fsp3) is 0.214. The van der Waals surface area contributed by atoms with E-state index in [9.17, 15) is 9.59 Å². The number of alkyl carbamates (subject to hydrolysis) is 1. The number of H-pyrrole nitrogens is 1. The molecule has 7 nitrogen and oxygen atoms in total. The summed E-state index contributed by atoms with van der Waals surface area (Å²) < 4.78 is 4.99. The van der Waals surface area contributed by atoms with Crippen LogP contribution in [0, 0.1) is 0 Å². The lowest BCUT2D eigenvalue weighted by Gasteiger charge is -2.13. The number of carboxylic acids is 1. The van der Waals surface area contributed by atoms with Crippen LogP contribution in [0.1, 0.15) is 11.3 Å². The van der Waals surface area contributed by atoms with Gasteiger partial charge in [-0.25, -0.2) is 9.59 Å². The van der Waals surface area contributed by atoms with Crippen molar-refractivity contribution in [2.45, 2.75) is 19.1 Å². The van der Waals surface area contributed by atoms with Crippen molar-refractivity contribution < 1.29 is 19.4 Å². The Kier molecular flexibility index (Phi) is 4.92. The smallest absolute Gasteiger partial charge is 0.408 e. The van der Waals surface area contributed by atoms with Gasteiger partial charge in [-0.2, -0.15) is 5.10 Å². The lowest BCUT2D eigenvalue weighted by atomic mass is 10.1. The van der Waals surface area contributed by atoms with Gasteiger partial charge >= 0.3 is 12.1 Å². The van der Waals surface area contributed by atoms with Gasteiger partial charge in [-0.1, -0.05) is 30.3 Å². The van der Waals surface area contributed by atoms with Gasteiger partial charge < -0.3 is 15.2 Å². The Morgan fingerprint density at radius 1 is 1.29 bits per heavy atom. The minimum absolute atomic E-state index is 0.0864. The molecule has 0 radical (unpaired) electrons. The van der Waals surface area contributed by atoms with Crippen LogP contribution >= 0.6 is 0 Å². The minimum Gasteiger partial charge on any atom is -0.480 e. The van der Waals surface area contributed by atoms with Crippen molar-refractivity contribution in [3.63, 3.8) is 0 Å². The third-order valence-corrected chi connectivity index (χ3v) is 2.79. The molecule has 3 N–H and O–H groups in total. The first kappa shape index (κ1) is 14.6. The predicted octanol–water partition coefficient (Wildman–Crippen LogP) is 1.33. The van der Waals surface area contributed by atoms with E-state index >= 15 is 0 Å². The highest BCUT2D eigenvalue weighted by molar-refractivity contribution is 5.80. The van der Waals surface area contributed by atoms with Gasteiger partial charge in [0.15, 0.2) is 0 Å². The number of ether oxygens (including phenoxy) is 1. The van der Waals surface area contributed by atoms with Gasteiger partial charge in [-0.15, -0.1) is 0 Å². The molecule has 1 aromatic heterocycles.